The third-order valence-corrected chi connectivity index (χ3v) is 4.30. The number of ether oxygens (including phenoxy) is 1. The predicted molar refractivity (Wildman–Crippen MR) is 80.6 cm³/mol. The van der Waals surface area contributed by atoms with Gasteiger partial charge < -0.3 is 4.74 Å². The maximum absolute atomic E-state index is 13.3. The summed E-state index contributed by atoms with van der Waals surface area (Å²) in [7, 11) is 1.59. The van der Waals surface area contributed by atoms with Crippen LogP contribution >= 0.6 is 34.2 Å². The van der Waals surface area contributed by atoms with Crippen molar-refractivity contribution in [2.24, 2.45) is 0 Å². The molecule has 0 bridgehead atoms. The van der Waals surface area contributed by atoms with Gasteiger partial charge in [-0.15, -0.1) is 0 Å². The van der Waals surface area contributed by atoms with Gasteiger partial charge in [-0.2, -0.15) is 0 Å². The molecule has 0 unspecified atom stereocenters. The lowest BCUT2D eigenvalue weighted by Gasteiger charge is -2.08. The third-order valence-electron chi connectivity index (χ3n) is 2.58. The van der Waals surface area contributed by atoms with Gasteiger partial charge in [0.05, 0.1) is 15.9 Å². The van der Waals surface area contributed by atoms with Crippen molar-refractivity contribution >= 4 is 34.2 Å². The molecule has 0 saturated heterocycles. The van der Waals surface area contributed by atoms with E-state index in [9.17, 15) is 4.39 Å². The first-order valence-electron chi connectivity index (χ1n) is 5.50. The van der Waals surface area contributed by atoms with E-state index in [1.807, 2.05) is 0 Å². The Bertz CT molecular complexity index is 622. The van der Waals surface area contributed by atoms with E-state index in [0.717, 1.165) is 14.8 Å². The van der Waals surface area contributed by atoms with E-state index in [1.165, 1.54) is 6.07 Å². The van der Waals surface area contributed by atoms with Crippen LogP contribution in [0.2, 0.25) is 5.15 Å². The Hall–Kier alpha value is -0.790. The molecule has 0 amide bonds. The Morgan fingerprint density at radius 3 is 2.74 bits per heavy atom. The van der Waals surface area contributed by atoms with Gasteiger partial charge in [0.2, 0.25) is 0 Å². The van der Waals surface area contributed by atoms with Crippen molar-refractivity contribution in [3.05, 3.63) is 44.0 Å². The molecule has 0 aliphatic heterocycles. The number of halogens is 3. The van der Waals surface area contributed by atoms with Crippen molar-refractivity contribution < 1.29 is 9.13 Å². The van der Waals surface area contributed by atoms with Crippen molar-refractivity contribution in [3.63, 3.8) is 0 Å². The molecule has 0 fully saturated rings. The number of nitrogens with zero attached hydrogens (tertiary/aromatic N) is 2. The molecule has 0 radical (unpaired) electrons. The molecule has 0 aliphatic rings. The number of aryl methyl sites for hydroxylation is 1. The number of hydrogen-bond acceptors (Lipinski definition) is 3. The summed E-state index contributed by atoms with van der Waals surface area (Å²) in [6.45, 7) is 2.05. The largest absolute Gasteiger partial charge is 0.378 e. The summed E-state index contributed by atoms with van der Waals surface area (Å²) in [4.78, 5) is 8.64. The minimum atomic E-state index is -0.252. The topological polar surface area (TPSA) is 35.0 Å². The van der Waals surface area contributed by atoms with Gasteiger partial charge in [0.1, 0.15) is 11.0 Å². The molecule has 19 heavy (non-hydrogen) atoms. The van der Waals surface area contributed by atoms with Crippen LogP contribution in [-0.4, -0.2) is 17.1 Å². The fourth-order valence-corrected chi connectivity index (χ4v) is 2.19. The monoisotopic (exact) mass is 392 g/mol. The Labute approximate surface area is 129 Å². The van der Waals surface area contributed by atoms with E-state index in [2.05, 4.69) is 32.6 Å². The van der Waals surface area contributed by atoms with Crippen LogP contribution in [0.5, 0.6) is 0 Å². The normalized spacial score (nSPS) is 10.8. The Balaban J connectivity index is 2.52. The van der Waals surface area contributed by atoms with Crippen LogP contribution in [0.15, 0.2) is 18.2 Å². The fraction of sp³-hybridized carbons (Fsp3) is 0.231. The maximum atomic E-state index is 13.3. The molecular weight excluding hydrogens is 382 g/mol. The highest BCUT2D eigenvalue weighted by Crippen LogP contribution is 2.25. The van der Waals surface area contributed by atoms with Gasteiger partial charge in [-0.05, 0) is 53.3 Å². The second-order valence-corrected chi connectivity index (χ2v) is 5.43. The first-order chi connectivity index (χ1) is 9.02. The smallest absolute Gasteiger partial charge is 0.161 e. The minimum absolute atomic E-state index is 0.252. The van der Waals surface area contributed by atoms with E-state index in [-0.39, 0.29) is 5.82 Å². The van der Waals surface area contributed by atoms with Gasteiger partial charge in [-0.3, -0.25) is 0 Å². The van der Waals surface area contributed by atoms with Crippen molar-refractivity contribution in [1.82, 2.24) is 9.97 Å². The lowest BCUT2D eigenvalue weighted by Crippen LogP contribution is -2.02. The molecule has 1 heterocycles. The van der Waals surface area contributed by atoms with Crippen LogP contribution < -0.4 is 0 Å². The lowest BCUT2D eigenvalue weighted by atomic mass is 10.1. The molecule has 2 aromatic rings. The highest BCUT2D eigenvalue weighted by molar-refractivity contribution is 14.1. The molecular formula is C13H11ClFIN2O. The quantitative estimate of drug-likeness (QED) is 0.585. The number of aromatic nitrogens is 2. The summed E-state index contributed by atoms with van der Waals surface area (Å²) in [5.74, 6) is 0.220. The predicted octanol–water partition coefficient (Wildman–Crippen LogP) is 4.00. The summed E-state index contributed by atoms with van der Waals surface area (Å²) in [5.41, 5.74) is 2.00. The number of hydrogen-bond donors (Lipinski definition) is 0. The van der Waals surface area contributed by atoms with E-state index < -0.39 is 0 Å². The van der Waals surface area contributed by atoms with E-state index in [4.69, 9.17) is 16.3 Å². The molecule has 6 heteroatoms. The van der Waals surface area contributed by atoms with Gasteiger partial charge in [0.25, 0.3) is 0 Å². The number of rotatable bonds is 3. The van der Waals surface area contributed by atoms with Crippen molar-refractivity contribution in [3.8, 4) is 11.4 Å². The Kier molecular flexibility index (Phi) is 4.70. The van der Waals surface area contributed by atoms with Crippen LogP contribution in [0.4, 0.5) is 4.39 Å². The number of benzene rings is 1. The summed E-state index contributed by atoms with van der Waals surface area (Å²) in [5, 5.41) is 0.375. The van der Waals surface area contributed by atoms with E-state index >= 15 is 0 Å². The minimum Gasteiger partial charge on any atom is -0.378 e. The first kappa shape index (κ1) is 14.6. The van der Waals surface area contributed by atoms with Crippen LogP contribution in [-0.2, 0) is 11.3 Å². The van der Waals surface area contributed by atoms with Crippen LogP contribution in [0, 0.1) is 16.3 Å². The lowest BCUT2D eigenvalue weighted by molar-refractivity contribution is 0.181. The molecule has 3 nitrogen and oxygen atoms in total. The maximum Gasteiger partial charge on any atom is 0.161 e. The second kappa shape index (κ2) is 6.11. The molecule has 1 aromatic carbocycles. The zero-order valence-electron chi connectivity index (χ0n) is 10.4. The molecule has 0 atom stereocenters. The summed E-state index contributed by atoms with van der Waals surface area (Å²) < 4.78 is 19.1. The number of methoxy groups -OCH3 is 1. The third kappa shape index (κ3) is 3.21. The molecule has 1 aromatic heterocycles. The molecule has 0 saturated carbocycles. The molecule has 0 spiro atoms. The highest BCUT2D eigenvalue weighted by Gasteiger charge is 2.12. The van der Waals surface area contributed by atoms with Crippen molar-refractivity contribution in [2.75, 3.05) is 7.11 Å². The van der Waals surface area contributed by atoms with Crippen molar-refractivity contribution in [2.45, 2.75) is 13.5 Å². The zero-order chi connectivity index (χ0) is 14.0. The van der Waals surface area contributed by atoms with E-state index in [0.29, 0.717) is 23.1 Å². The van der Waals surface area contributed by atoms with Gasteiger partial charge in [-0.25, -0.2) is 14.4 Å². The SMILES string of the molecule is COCc1nc(-c2ccc(F)c(C)c2)nc(Cl)c1I. The average molecular weight is 393 g/mol. The first-order valence-corrected chi connectivity index (χ1v) is 6.96. The van der Waals surface area contributed by atoms with Crippen LogP contribution in [0.3, 0.4) is 0 Å². The van der Waals surface area contributed by atoms with Crippen molar-refractivity contribution in [1.29, 1.82) is 0 Å². The van der Waals surface area contributed by atoms with Gasteiger partial charge in [0, 0.05) is 12.7 Å². The Morgan fingerprint density at radius 2 is 2.11 bits per heavy atom. The van der Waals surface area contributed by atoms with Crippen LogP contribution in [0.1, 0.15) is 11.3 Å². The zero-order valence-corrected chi connectivity index (χ0v) is 13.3. The van der Waals surface area contributed by atoms with Gasteiger partial charge in [-0.1, -0.05) is 11.6 Å². The Morgan fingerprint density at radius 1 is 1.37 bits per heavy atom. The summed E-state index contributed by atoms with van der Waals surface area (Å²) in [6.07, 6.45) is 0. The highest BCUT2D eigenvalue weighted by atomic mass is 127. The summed E-state index contributed by atoms with van der Waals surface area (Å²) in [6, 6.07) is 4.73. The molecule has 100 valence electrons. The van der Waals surface area contributed by atoms with E-state index in [1.54, 1.807) is 26.2 Å². The fourth-order valence-electron chi connectivity index (χ4n) is 1.61. The van der Waals surface area contributed by atoms with Crippen LogP contribution in [0.25, 0.3) is 11.4 Å². The molecule has 0 aliphatic carbocycles. The van der Waals surface area contributed by atoms with Gasteiger partial charge in [0.15, 0.2) is 5.82 Å². The van der Waals surface area contributed by atoms with Gasteiger partial charge >= 0.3 is 0 Å². The standard InChI is InChI=1S/C13H11ClFIN2O/c1-7-5-8(3-4-9(7)15)13-17-10(6-19-2)11(16)12(14)18-13/h3-5H,6H2,1-2H3. The average Bonchev–Trinajstić information content (AvgIpc) is 2.38. The second-order valence-electron chi connectivity index (χ2n) is 4.00. The summed E-state index contributed by atoms with van der Waals surface area (Å²) >= 11 is 8.17. The molecule has 0 N–H and O–H groups in total. The molecule has 2 rings (SSSR count).